The van der Waals surface area contributed by atoms with E-state index in [1.165, 1.54) is 0 Å². The second kappa shape index (κ2) is 4.77. The molecule has 0 bridgehead atoms. The normalized spacial score (nSPS) is 18.5. The van der Waals surface area contributed by atoms with Gasteiger partial charge in [0.2, 0.25) is 5.91 Å². The lowest BCUT2D eigenvalue weighted by molar-refractivity contribution is -0.117. The smallest absolute Gasteiger partial charge is 0.221 e. The van der Waals surface area contributed by atoms with E-state index in [1.807, 2.05) is 6.20 Å². The van der Waals surface area contributed by atoms with E-state index in [1.54, 1.807) is 6.08 Å². The van der Waals surface area contributed by atoms with Gasteiger partial charge in [0.15, 0.2) is 0 Å². The Balaban J connectivity index is 2.19. The maximum Gasteiger partial charge on any atom is 0.221 e. The molecule has 68 valence electrons. The van der Waals surface area contributed by atoms with Crippen molar-refractivity contribution < 1.29 is 9.53 Å². The summed E-state index contributed by atoms with van der Waals surface area (Å²) in [5.41, 5.74) is 4.97. The fourth-order valence-corrected chi connectivity index (χ4v) is 1.04. The number of hydrogen-bond acceptors (Lipinski definition) is 3. The van der Waals surface area contributed by atoms with E-state index >= 15 is 0 Å². The molecule has 1 heterocycles. The van der Waals surface area contributed by atoms with Gasteiger partial charge < -0.3 is 15.4 Å². The molecule has 0 aromatic carbocycles. The molecule has 1 saturated heterocycles. The number of nitrogens with two attached hydrogens (primary N) is 1. The molecular formula is C8H14N2O2. The van der Waals surface area contributed by atoms with E-state index < -0.39 is 0 Å². The van der Waals surface area contributed by atoms with Crippen LogP contribution in [0.25, 0.3) is 0 Å². The third-order valence-electron chi connectivity index (χ3n) is 1.68. The topological polar surface area (TPSA) is 55.6 Å². The molecule has 0 unspecified atom stereocenters. The Hall–Kier alpha value is -1.03. The molecular weight excluding hydrogens is 156 g/mol. The van der Waals surface area contributed by atoms with Crippen molar-refractivity contribution in [2.75, 3.05) is 26.3 Å². The summed E-state index contributed by atoms with van der Waals surface area (Å²) >= 11 is 0. The van der Waals surface area contributed by atoms with Crippen molar-refractivity contribution in [3.8, 4) is 0 Å². The number of hydrogen-bond donors (Lipinski definition) is 1. The lowest BCUT2D eigenvalue weighted by Crippen LogP contribution is -2.32. The van der Waals surface area contributed by atoms with Gasteiger partial charge in [-0.3, -0.25) is 4.79 Å². The second-order valence-corrected chi connectivity index (χ2v) is 2.70. The van der Waals surface area contributed by atoms with Crippen LogP contribution in [0.2, 0.25) is 0 Å². The number of carbonyl (C=O) groups is 1. The highest BCUT2D eigenvalue weighted by atomic mass is 16.5. The summed E-state index contributed by atoms with van der Waals surface area (Å²) in [7, 11) is 0. The molecule has 1 aliphatic heterocycles. The number of primary amides is 1. The zero-order valence-corrected chi connectivity index (χ0v) is 7.03. The van der Waals surface area contributed by atoms with E-state index in [4.69, 9.17) is 10.5 Å². The molecule has 12 heavy (non-hydrogen) atoms. The van der Waals surface area contributed by atoms with Gasteiger partial charge in [-0.1, -0.05) is 6.08 Å². The summed E-state index contributed by atoms with van der Waals surface area (Å²) in [6.45, 7) is 3.33. The Morgan fingerprint density at radius 3 is 2.75 bits per heavy atom. The first kappa shape index (κ1) is 9.06. The van der Waals surface area contributed by atoms with Gasteiger partial charge in [0.1, 0.15) is 0 Å². The standard InChI is InChI=1S/C8H14N2O2/c9-8(11)2-1-3-10-4-6-12-7-5-10/h1,3H,2,4-7H2,(H2,9,11). The van der Waals surface area contributed by atoms with Crippen molar-refractivity contribution in [2.45, 2.75) is 6.42 Å². The molecule has 0 aromatic heterocycles. The van der Waals surface area contributed by atoms with Crippen LogP contribution in [0.1, 0.15) is 6.42 Å². The van der Waals surface area contributed by atoms with Gasteiger partial charge >= 0.3 is 0 Å². The molecule has 0 spiro atoms. The number of amides is 1. The predicted molar refractivity (Wildman–Crippen MR) is 45.3 cm³/mol. The molecule has 1 fully saturated rings. The lowest BCUT2D eigenvalue weighted by Gasteiger charge is -2.24. The van der Waals surface area contributed by atoms with Crippen LogP contribution in [-0.4, -0.2) is 37.1 Å². The van der Waals surface area contributed by atoms with E-state index in [0.717, 1.165) is 26.3 Å². The third kappa shape index (κ3) is 3.39. The zero-order valence-electron chi connectivity index (χ0n) is 7.03. The van der Waals surface area contributed by atoms with Crippen molar-refractivity contribution in [2.24, 2.45) is 5.73 Å². The van der Waals surface area contributed by atoms with Crippen LogP contribution < -0.4 is 5.73 Å². The van der Waals surface area contributed by atoms with Crippen molar-refractivity contribution in [1.82, 2.24) is 4.90 Å². The Morgan fingerprint density at radius 1 is 1.50 bits per heavy atom. The molecule has 1 amide bonds. The van der Waals surface area contributed by atoms with Crippen LogP contribution >= 0.6 is 0 Å². The van der Waals surface area contributed by atoms with Crippen LogP contribution in [0.15, 0.2) is 12.3 Å². The summed E-state index contributed by atoms with van der Waals surface area (Å²) in [4.78, 5) is 12.5. The van der Waals surface area contributed by atoms with Gasteiger partial charge in [0, 0.05) is 19.5 Å². The monoisotopic (exact) mass is 170 g/mol. The molecule has 4 heteroatoms. The SMILES string of the molecule is NC(=O)CC=CN1CCOCC1. The summed E-state index contributed by atoms with van der Waals surface area (Å²) < 4.78 is 5.16. The molecule has 1 aliphatic rings. The number of rotatable bonds is 3. The Labute approximate surface area is 72.0 Å². The molecule has 4 nitrogen and oxygen atoms in total. The van der Waals surface area contributed by atoms with Gasteiger partial charge in [-0.2, -0.15) is 0 Å². The highest BCUT2D eigenvalue weighted by molar-refractivity contribution is 5.75. The first-order valence-electron chi connectivity index (χ1n) is 4.06. The van der Waals surface area contributed by atoms with Crippen LogP contribution in [0, 0.1) is 0 Å². The number of morpholine rings is 1. The molecule has 2 N–H and O–H groups in total. The van der Waals surface area contributed by atoms with Gasteiger partial charge in [-0.25, -0.2) is 0 Å². The molecule has 0 aliphatic carbocycles. The minimum Gasteiger partial charge on any atom is -0.378 e. The van der Waals surface area contributed by atoms with Crippen molar-refractivity contribution >= 4 is 5.91 Å². The summed E-state index contributed by atoms with van der Waals surface area (Å²) in [6, 6.07) is 0. The summed E-state index contributed by atoms with van der Waals surface area (Å²) in [5.74, 6) is -0.292. The average Bonchev–Trinajstić information content (AvgIpc) is 2.05. The van der Waals surface area contributed by atoms with Gasteiger partial charge in [0.05, 0.1) is 13.2 Å². The maximum atomic E-state index is 10.4. The molecule has 0 saturated carbocycles. The van der Waals surface area contributed by atoms with Crippen LogP contribution in [0.4, 0.5) is 0 Å². The highest BCUT2D eigenvalue weighted by Gasteiger charge is 2.04. The minimum atomic E-state index is -0.292. The molecule has 0 atom stereocenters. The number of nitrogens with zero attached hydrogens (tertiary/aromatic N) is 1. The Morgan fingerprint density at radius 2 is 2.17 bits per heavy atom. The lowest BCUT2D eigenvalue weighted by atomic mass is 10.4. The van der Waals surface area contributed by atoms with Crippen molar-refractivity contribution in [3.63, 3.8) is 0 Å². The summed E-state index contributed by atoms with van der Waals surface area (Å²) in [6.07, 6.45) is 4.01. The van der Waals surface area contributed by atoms with Gasteiger partial charge in [-0.05, 0) is 6.20 Å². The largest absolute Gasteiger partial charge is 0.378 e. The fraction of sp³-hybridized carbons (Fsp3) is 0.625. The van der Waals surface area contributed by atoms with E-state index in [9.17, 15) is 4.79 Å². The first-order valence-corrected chi connectivity index (χ1v) is 4.06. The zero-order chi connectivity index (χ0) is 8.81. The highest BCUT2D eigenvalue weighted by Crippen LogP contribution is 1.97. The summed E-state index contributed by atoms with van der Waals surface area (Å²) in [5, 5.41) is 0. The predicted octanol–water partition coefficient (Wildman–Crippen LogP) is -0.292. The van der Waals surface area contributed by atoms with Gasteiger partial charge in [-0.15, -0.1) is 0 Å². The average molecular weight is 170 g/mol. The quantitative estimate of drug-likeness (QED) is 0.633. The van der Waals surface area contributed by atoms with Crippen LogP contribution in [0.5, 0.6) is 0 Å². The maximum absolute atomic E-state index is 10.4. The van der Waals surface area contributed by atoms with E-state index in [0.29, 0.717) is 6.42 Å². The number of carbonyl (C=O) groups excluding carboxylic acids is 1. The number of ether oxygens (including phenoxy) is 1. The van der Waals surface area contributed by atoms with Crippen molar-refractivity contribution in [1.29, 1.82) is 0 Å². The fourth-order valence-electron chi connectivity index (χ4n) is 1.04. The Bertz CT molecular complexity index is 174. The Kier molecular flexibility index (Phi) is 3.60. The third-order valence-corrected chi connectivity index (χ3v) is 1.68. The second-order valence-electron chi connectivity index (χ2n) is 2.70. The molecule has 1 rings (SSSR count). The van der Waals surface area contributed by atoms with E-state index in [2.05, 4.69) is 4.90 Å². The van der Waals surface area contributed by atoms with E-state index in [-0.39, 0.29) is 5.91 Å². The van der Waals surface area contributed by atoms with Gasteiger partial charge in [0.25, 0.3) is 0 Å². The van der Waals surface area contributed by atoms with Crippen molar-refractivity contribution in [3.05, 3.63) is 12.3 Å². The minimum absolute atomic E-state index is 0.292. The van der Waals surface area contributed by atoms with Crippen LogP contribution in [0.3, 0.4) is 0 Å². The first-order chi connectivity index (χ1) is 5.79. The molecule has 0 radical (unpaired) electrons. The van der Waals surface area contributed by atoms with Crippen LogP contribution in [-0.2, 0) is 9.53 Å². The molecule has 0 aromatic rings.